The van der Waals surface area contributed by atoms with Gasteiger partial charge in [0.15, 0.2) is 0 Å². The highest BCUT2D eigenvalue weighted by molar-refractivity contribution is 6.63. The molecule has 174 valence electrons. The van der Waals surface area contributed by atoms with Crippen molar-refractivity contribution >= 4 is 44.9 Å². The third kappa shape index (κ3) is 3.44. The molecule has 0 amide bonds. The minimum atomic E-state index is -1.57. The summed E-state index contributed by atoms with van der Waals surface area (Å²) in [6.45, 7) is 0. The molecule has 0 aliphatic carbocycles. The van der Waals surface area contributed by atoms with Crippen LogP contribution < -0.4 is 5.46 Å². The molecule has 0 saturated carbocycles. The maximum absolute atomic E-state index is 10.4. The van der Waals surface area contributed by atoms with E-state index in [1.54, 1.807) is 0 Å². The minimum absolute atomic E-state index is 0.520. The van der Waals surface area contributed by atoms with E-state index in [0.717, 1.165) is 65.7 Å². The minimum Gasteiger partial charge on any atom is -0.423 e. The van der Waals surface area contributed by atoms with Crippen molar-refractivity contribution in [2.45, 2.75) is 0 Å². The lowest BCUT2D eigenvalue weighted by molar-refractivity contribution is 0.426. The van der Waals surface area contributed by atoms with Crippen LogP contribution >= 0.6 is 0 Å². The highest BCUT2D eigenvalue weighted by atomic mass is 16.4. The molecule has 7 aromatic carbocycles. The average molecular weight is 474 g/mol. The van der Waals surface area contributed by atoms with Gasteiger partial charge in [-0.2, -0.15) is 0 Å². The molecule has 0 heterocycles. The monoisotopic (exact) mass is 474 g/mol. The van der Waals surface area contributed by atoms with E-state index in [1.165, 1.54) is 0 Å². The van der Waals surface area contributed by atoms with Gasteiger partial charge in [0.25, 0.3) is 0 Å². The molecule has 0 aromatic heterocycles. The zero-order valence-electron chi connectivity index (χ0n) is 20.1. The van der Waals surface area contributed by atoms with Gasteiger partial charge in [-0.1, -0.05) is 121 Å². The second-order valence-corrected chi connectivity index (χ2v) is 9.53. The normalized spacial score (nSPS) is 11.5. The average Bonchev–Trinajstić information content (AvgIpc) is 2.96. The van der Waals surface area contributed by atoms with Gasteiger partial charge in [0.2, 0.25) is 0 Å². The van der Waals surface area contributed by atoms with Crippen molar-refractivity contribution in [3.8, 4) is 33.4 Å². The van der Waals surface area contributed by atoms with E-state index in [4.69, 9.17) is 0 Å². The summed E-state index contributed by atoms with van der Waals surface area (Å²) in [5, 5.41) is 27.4. The lowest BCUT2D eigenvalue weighted by Crippen LogP contribution is -2.30. The van der Waals surface area contributed by atoms with Crippen molar-refractivity contribution in [3.05, 3.63) is 127 Å². The van der Waals surface area contributed by atoms with Crippen LogP contribution in [-0.4, -0.2) is 17.2 Å². The summed E-state index contributed by atoms with van der Waals surface area (Å²) >= 11 is 0. The highest BCUT2D eigenvalue weighted by Crippen LogP contribution is 2.45. The fraction of sp³-hybridized carbons (Fsp3) is 0. The number of rotatable bonds is 4. The molecule has 3 heteroatoms. The number of benzene rings is 7. The summed E-state index contributed by atoms with van der Waals surface area (Å²) in [6.07, 6.45) is 0. The lowest BCUT2D eigenvalue weighted by Gasteiger charge is -2.21. The van der Waals surface area contributed by atoms with Gasteiger partial charge in [0.1, 0.15) is 0 Å². The third-order valence-electron chi connectivity index (χ3n) is 7.46. The van der Waals surface area contributed by atoms with Crippen LogP contribution in [0.1, 0.15) is 0 Å². The van der Waals surface area contributed by atoms with E-state index in [-0.39, 0.29) is 0 Å². The van der Waals surface area contributed by atoms with Crippen molar-refractivity contribution in [1.29, 1.82) is 0 Å². The molecule has 0 bridgehead atoms. The van der Waals surface area contributed by atoms with Crippen molar-refractivity contribution in [1.82, 2.24) is 0 Å². The molecule has 0 unspecified atom stereocenters. The number of hydrogen-bond donors (Lipinski definition) is 2. The predicted octanol–water partition coefficient (Wildman–Crippen LogP) is 7.26. The molecule has 0 aliphatic rings. The molecular weight excluding hydrogens is 451 g/mol. The van der Waals surface area contributed by atoms with Crippen molar-refractivity contribution in [2.24, 2.45) is 0 Å². The quantitative estimate of drug-likeness (QED) is 0.208. The van der Waals surface area contributed by atoms with E-state index in [2.05, 4.69) is 84.9 Å². The molecule has 0 atom stereocenters. The first-order valence-corrected chi connectivity index (χ1v) is 12.5. The van der Waals surface area contributed by atoms with Crippen LogP contribution in [-0.2, 0) is 0 Å². The standard InChI is InChI=1S/C34H23BO2/c36-35(37)32-21-31(24-14-8-3-9-15-24)27-17-16-25-29(22-10-4-1-5-11-22)20-30(23-12-6-2-7-13-23)26-18-19-28(32)34(27)33(25)26/h1-21,36-37H. The molecule has 37 heavy (non-hydrogen) atoms. The Morgan fingerprint density at radius 1 is 0.378 bits per heavy atom. The second-order valence-electron chi connectivity index (χ2n) is 9.53. The Kier molecular flexibility index (Phi) is 5.07. The van der Waals surface area contributed by atoms with Gasteiger partial charge in [-0.05, 0) is 77.2 Å². The van der Waals surface area contributed by atoms with E-state index >= 15 is 0 Å². The fourth-order valence-corrected chi connectivity index (χ4v) is 5.80. The molecule has 2 N–H and O–H groups in total. The summed E-state index contributed by atoms with van der Waals surface area (Å²) < 4.78 is 0. The van der Waals surface area contributed by atoms with Gasteiger partial charge in [0.05, 0.1) is 0 Å². The van der Waals surface area contributed by atoms with Crippen LogP contribution in [0.25, 0.3) is 65.7 Å². The van der Waals surface area contributed by atoms with E-state index in [0.29, 0.717) is 5.46 Å². The van der Waals surface area contributed by atoms with Crippen LogP contribution in [0.5, 0.6) is 0 Å². The lowest BCUT2D eigenvalue weighted by atomic mass is 9.73. The summed E-state index contributed by atoms with van der Waals surface area (Å²) in [5.74, 6) is 0. The van der Waals surface area contributed by atoms with Gasteiger partial charge in [-0.3, -0.25) is 0 Å². The fourth-order valence-electron chi connectivity index (χ4n) is 5.80. The first-order valence-electron chi connectivity index (χ1n) is 12.5. The van der Waals surface area contributed by atoms with Gasteiger partial charge in [-0.25, -0.2) is 0 Å². The molecule has 2 nitrogen and oxygen atoms in total. The number of hydrogen-bond acceptors (Lipinski definition) is 2. The molecule has 0 fully saturated rings. The van der Waals surface area contributed by atoms with Crippen LogP contribution in [0.15, 0.2) is 127 Å². The molecule has 0 radical (unpaired) electrons. The van der Waals surface area contributed by atoms with Crippen LogP contribution in [0.3, 0.4) is 0 Å². The Balaban J connectivity index is 1.71. The molecule has 0 saturated heterocycles. The Bertz CT molecular complexity index is 1820. The van der Waals surface area contributed by atoms with Crippen molar-refractivity contribution in [3.63, 3.8) is 0 Å². The van der Waals surface area contributed by atoms with Crippen LogP contribution in [0.4, 0.5) is 0 Å². The SMILES string of the molecule is OB(O)c1cc(-c2ccccc2)c2ccc3c(-c4ccccc4)cc(-c4ccccc4)c4ccc1c2c43. The van der Waals surface area contributed by atoms with E-state index in [9.17, 15) is 10.0 Å². The maximum atomic E-state index is 10.4. The molecule has 0 aliphatic heterocycles. The molecule has 7 rings (SSSR count). The summed E-state index contributed by atoms with van der Waals surface area (Å²) in [7, 11) is -1.57. The Morgan fingerprint density at radius 2 is 0.730 bits per heavy atom. The smallest absolute Gasteiger partial charge is 0.423 e. The molecular formula is C34H23BO2. The maximum Gasteiger partial charge on any atom is 0.489 e. The summed E-state index contributed by atoms with van der Waals surface area (Å²) in [4.78, 5) is 0. The van der Waals surface area contributed by atoms with Crippen molar-refractivity contribution in [2.75, 3.05) is 0 Å². The highest BCUT2D eigenvalue weighted by Gasteiger charge is 2.23. The van der Waals surface area contributed by atoms with E-state index in [1.807, 2.05) is 42.5 Å². The Morgan fingerprint density at radius 3 is 1.14 bits per heavy atom. The molecule has 7 aromatic rings. The zero-order chi connectivity index (χ0) is 24.9. The van der Waals surface area contributed by atoms with E-state index < -0.39 is 7.12 Å². The van der Waals surface area contributed by atoms with Gasteiger partial charge in [-0.15, -0.1) is 0 Å². The summed E-state index contributed by atoms with van der Waals surface area (Å²) in [5.41, 5.74) is 7.21. The predicted molar refractivity (Wildman–Crippen MR) is 156 cm³/mol. The largest absolute Gasteiger partial charge is 0.489 e. The third-order valence-corrected chi connectivity index (χ3v) is 7.46. The second kappa shape index (κ2) is 8.60. The topological polar surface area (TPSA) is 40.5 Å². The molecule has 0 spiro atoms. The van der Waals surface area contributed by atoms with Gasteiger partial charge in [0, 0.05) is 0 Å². The first-order chi connectivity index (χ1) is 18.2. The van der Waals surface area contributed by atoms with Crippen LogP contribution in [0.2, 0.25) is 0 Å². The Hall–Kier alpha value is -4.44. The van der Waals surface area contributed by atoms with Crippen molar-refractivity contribution < 1.29 is 10.0 Å². The Labute approximate surface area is 215 Å². The first kappa shape index (κ1) is 21.8. The zero-order valence-corrected chi connectivity index (χ0v) is 20.1. The van der Waals surface area contributed by atoms with Gasteiger partial charge >= 0.3 is 7.12 Å². The van der Waals surface area contributed by atoms with Gasteiger partial charge < -0.3 is 10.0 Å². The van der Waals surface area contributed by atoms with Crippen LogP contribution in [0, 0.1) is 0 Å². The summed E-state index contributed by atoms with van der Waals surface area (Å²) in [6, 6.07) is 44.0.